The van der Waals surface area contributed by atoms with Gasteiger partial charge in [-0.1, -0.05) is 13.8 Å². The Morgan fingerprint density at radius 1 is 1.30 bits per heavy atom. The summed E-state index contributed by atoms with van der Waals surface area (Å²) in [6, 6.07) is 0. The normalized spacial score (nSPS) is 21.9. The van der Waals surface area contributed by atoms with Gasteiger partial charge in [0.05, 0.1) is 18.9 Å². The molecule has 20 heavy (non-hydrogen) atoms. The first-order valence-electron chi connectivity index (χ1n) is 7.12. The molecule has 0 N–H and O–H groups in total. The molecular weight excluding hydrogens is 260 g/mol. The number of nitrogens with zero attached hydrogens (tertiary/aromatic N) is 2. The summed E-state index contributed by atoms with van der Waals surface area (Å²) < 4.78 is 16.6. The van der Waals surface area contributed by atoms with Crippen LogP contribution in [-0.4, -0.2) is 47.9 Å². The molecule has 2 fully saturated rings. The number of oxazole rings is 1. The fourth-order valence-corrected chi connectivity index (χ4v) is 2.81. The predicted molar refractivity (Wildman–Crippen MR) is 70.4 cm³/mol. The Bertz CT molecular complexity index is 481. The molecule has 0 aromatic carbocycles. The molecule has 6 heteroatoms. The summed E-state index contributed by atoms with van der Waals surface area (Å²) in [4.78, 5) is 18.4. The van der Waals surface area contributed by atoms with E-state index in [1.807, 2.05) is 13.8 Å². The van der Waals surface area contributed by atoms with Crippen molar-refractivity contribution >= 4 is 5.91 Å². The van der Waals surface area contributed by atoms with Crippen LogP contribution in [0.1, 0.15) is 48.9 Å². The van der Waals surface area contributed by atoms with E-state index in [2.05, 4.69) is 4.98 Å². The van der Waals surface area contributed by atoms with Crippen molar-refractivity contribution in [3.63, 3.8) is 0 Å². The molecule has 1 amide bonds. The molecule has 3 heterocycles. The van der Waals surface area contributed by atoms with Crippen molar-refractivity contribution in [1.82, 2.24) is 9.88 Å². The van der Waals surface area contributed by atoms with Gasteiger partial charge in [-0.15, -0.1) is 0 Å². The maximum Gasteiger partial charge on any atom is 0.291 e. The van der Waals surface area contributed by atoms with Crippen molar-refractivity contribution in [2.75, 3.05) is 26.3 Å². The van der Waals surface area contributed by atoms with Crippen molar-refractivity contribution in [2.45, 2.75) is 38.4 Å². The van der Waals surface area contributed by atoms with Crippen LogP contribution in [0, 0.1) is 0 Å². The van der Waals surface area contributed by atoms with Gasteiger partial charge in [0.25, 0.3) is 5.91 Å². The van der Waals surface area contributed by atoms with Crippen molar-refractivity contribution in [2.24, 2.45) is 0 Å². The Hall–Kier alpha value is -1.40. The smallest absolute Gasteiger partial charge is 0.291 e. The fraction of sp³-hybridized carbons (Fsp3) is 0.714. The van der Waals surface area contributed by atoms with Gasteiger partial charge in [0.1, 0.15) is 0 Å². The molecule has 0 atom stereocenters. The van der Waals surface area contributed by atoms with Gasteiger partial charge in [-0.25, -0.2) is 4.98 Å². The molecule has 2 aliphatic heterocycles. The number of piperidine rings is 1. The van der Waals surface area contributed by atoms with Gasteiger partial charge in [-0.3, -0.25) is 4.79 Å². The molecular formula is C14H20N2O4. The summed E-state index contributed by atoms with van der Waals surface area (Å²) in [6.45, 7) is 6.54. The van der Waals surface area contributed by atoms with Gasteiger partial charge in [-0.2, -0.15) is 0 Å². The monoisotopic (exact) mass is 280 g/mol. The average Bonchev–Trinajstić information content (AvgIpc) is 3.08. The summed E-state index contributed by atoms with van der Waals surface area (Å²) in [5.74, 6) is -0.00686. The molecule has 0 aliphatic carbocycles. The van der Waals surface area contributed by atoms with E-state index in [0.29, 0.717) is 44.9 Å². The number of ether oxygens (including phenoxy) is 2. The summed E-state index contributed by atoms with van der Waals surface area (Å²) in [7, 11) is 0. The molecule has 0 radical (unpaired) electrons. The second kappa shape index (κ2) is 5.18. The van der Waals surface area contributed by atoms with Gasteiger partial charge in [0.15, 0.2) is 12.2 Å². The summed E-state index contributed by atoms with van der Waals surface area (Å²) in [6.07, 6.45) is 2.77. The van der Waals surface area contributed by atoms with Gasteiger partial charge < -0.3 is 18.8 Å². The molecule has 110 valence electrons. The maximum atomic E-state index is 12.5. The van der Waals surface area contributed by atoms with E-state index in [0.717, 1.165) is 5.69 Å². The Morgan fingerprint density at radius 3 is 2.55 bits per heavy atom. The number of carbonyl (C=O) groups excluding carboxylic acids is 1. The van der Waals surface area contributed by atoms with Gasteiger partial charge in [0, 0.05) is 25.9 Å². The summed E-state index contributed by atoms with van der Waals surface area (Å²) in [5, 5.41) is 0. The third-order valence-electron chi connectivity index (χ3n) is 3.96. The number of hydrogen-bond donors (Lipinski definition) is 0. The van der Waals surface area contributed by atoms with E-state index < -0.39 is 5.79 Å². The molecule has 2 saturated heterocycles. The van der Waals surface area contributed by atoms with E-state index in [4.69, 9.17) is 13.9 Å². The number of carbonyl (C=O) groups is 1. The van der Waals surface area contributed by atoms with Crippen LogP contribution in [0.5, 0.6) is 0 Å². The maximum absolute atomic E-state index is 12.5. The van der Waals surface area contributed by atoms with Crippen molar-refractivity contribution in [3.8, 4) is 0 Å². The number of amides is 1. The van der Waals surface area contributed by atoms with Gasteiger partial charge in [-0.05, 0) is 5.92 Å². The number of hydrogen-bond acceptors (Lipinski definition) is 5. The zero-order valence-corrected chi connectivity index (χ0v) is 11.9. The molecule has 0 bridgehead atoms. The molecule has 0 saturated carbocycles. The van der Waals surface area contributed by atoms with Crippen LogP contribution in [0.2, 0.25) is 0 Å². The second-order valence-electron chi connectivity index (χ2n) is 5.62. The zero-order valence-electron chi connectivity index (χ0n) is 11.9. The summed E-state index contributed by atoms with van der Waals surface area (Å²) in [5.41, 5.74) is 0.726. The Labute approximate surface area is 118 Å². The van der Waals surface area contributed by atoms with Crippen LogP contribution in [0.25, 0.3) is 0 Å². The standard InChI is InChI=1S/C14H20N2O4/c1-10(2)11-12(18-9-15-11)13(17)16-5-3-14(4-6-16)19-7-8-20-14/h9-10H,3-8H2,1-2H3. The third kappa shape index (κ3) is 2.33. The van der Waals surface area contributed by atoms with Crippen LogP contribution in [0.3, 0.4) is 0 Å². The lowest BCUT2D eigenvalue weighted by atomic mass is 10.0. The Kier molecular flexibility index (Phi) is 3.52. The minimum absolute atomic E-state index is 0.0842. The lowest BCUT2D eigenvalue weighted by Gasteiger charge is -2.37. The Morgan fingerprint density at radius 2 is 1.95 bits per heavy atom. The molecule has 0 unspecified atom stereocenters. The van der Waals surface area contributed by atoms with E-state index in [9.17, 15) is 4.79 Å². The minimum atomic E-state index is -0.459. The van der Waals surface area contributed by atoms with E-state index >= 15 is 0 Å². The number of likely N-dealkylation sites (tertiary alicyclic amines) is 1. The highest BCUT2D eigenvalue weighted by atomic mass is 16.7. The van der Waals surface area contributed by atoms with Crippen molar-refractivity contribution in [1.29, 1.82) is 0 Å². The van der Waals surface area contributed by atoms with E-state index in [1.165, 1.54) is 6.39 Å². The van der Waals surface area contributed by atoms with Crippen molar-refractivity contribution in [3.05, 3.63) is 17.8 Å². The number of aromatic nitrogens is 1. The quantitative estimate of drug-likeness (QED) is 0.826. The van der Waals surface area contributed by atoms with Crippen LogP contribution >= 0.6 is 0 Å². The molecule has 6 nitrogen and oxygen atoms in total. The first kappa shape index (κ1) is 13.6. The van der Waals surface area contributed by atoms with E-state index in [-0.39, 0.29) is 11.8 Å². The topological polar surface area (TPSA) is 64.8 Å². The summed E-state index contributed by atoms with van der Waals surface area (Å²) >= 11 is 0. The average molecular weight is 280 g/mol. The molecule has 1 aromatic rings. The van der Waals surface area contributed by atoms with Crippen LogP contribution in [-0.2, 0) is 9.47 Å². The molecule has 1 spiro atoms. The minimum Gasteiger partial charge on any atom is -0.438 e. The number of rotatable bonds is 2. The van der Waals surface area contributed by atoms with Gasteiger partial charge >= 0.3 is 0 Å². The van der Waals surface area contributed by atoms with Crippen molar-refractivity contribution < 1.29 is 18.7 Å². The van der Waals surface area contributed by atoms with Crippen LogP contribution in [0.15, 0.2) is 10.8 Å². The van der Waals surface area contributed by atoms with Crippen LogP contribution < -0.4 is 0 Å². The van der Waals surface area contributed by atoms with Gasteiger partial charge in [0.2, 0.25) is 5.76 Å². The Balaban J connectivity index is 1.68. The second-order valence-corrected chi connectivity index (χ2v) is 5.62. The molecule has 3 rings (SSSR count). The first-order valence-corrected chi connectivity index (χ1v) is 7.12. The highest BCUT2D eigenvalue weighted by molar-refractivity contribution is 5.92. The van der Waals surface area contributed by atoms with Crippen LogP contribution in [0.4, 0.5) is 0 Å². The zero-order chi connectivity index (χ0) is 14.2. The molecule has 1 aromatic heterocycles. The van der Waals surface area contributed by atoms with E-state index in [1.54, 1.807) is 4.90 Å². The first-order chi connectivity index (χ1) is 9.61. The largest absolute Gasteiger partial charge is 0.438 e. The molecule has 2 aliphatic rings. The fourth-order valence-electron chi connectivity index (χ4n) is 2.81. The predicted octanol–water partition coefficient (Wildman–Crippen LogP) is 1.78. The lowest BCUT2D eigenvalue weighted by Crippen LogP contribution is -2.47. The SMILES string of the molecule is CC(C)c1ncoc1C(=O)N1CCC2(CC1)OCCO2. The lowest BCUT2D eigenvalue weighted by molar-refractivity contribution is -0.181. The highest BCUT2D eigenvalue weighted by Crippen LogP contribution is 2.32. The highest BCUT2D eigenvalue weighted by Gasteiger charge is 2.41. The third-order valence-corrected chi connectivity index (χ3v) is 3.96.